The van der Waals surface area contributed by atoms with E-state index >= 15 is 0 Å². The lowest BCUT2D eigenvalue weighted by molar-refractivity contribution is 0.0866. The van der Waals surface area contributed by atoms with Gasteiger partial charge in [-0.25, -0.2) is 0 Å². The number of fused-ring (bicyclic) bond motifs is 1. The van der Waals surface area contributed by atoms with Gasteiger partial charge in [0.05, 0.1) is 0 Å². The molecular formula is C21H24N2O. The molecule has 2 aromatic rings. The molecule has 2 atom stereocenters. The zero-order valence-corrected chi connectivity index (χ0v) is 14.4. The van der Waals surface area contributed by atoms with Crippen LogP contribution >= 0.6 is 0 Å². The molecule has 0 bridgehead atoms. The van der Waals surface area contributed by atoms with Crippen molar-refractivity contribution in [3.8, 4) is 0 Å². The molecule has 24 heavy (non-hydrogen) atoms. The minimum absolute atomic E-state index is 0.165. The number of carbonyl (C=O) groups excluding carboxylic acids is 1. The zero-order chi connectivity index (χ0) is 16.7. The Hall–Kier alpha value is -2.13. The van der Waals surface area contributed by atoms with Crippen LogP contribution in [0.4, 0.5) is 5.69 Å². The lowest BCUT2D eigenvalue weighted by Crippen LogP contribution is -2.45. The topological polar surface area (TPSA) is 23.6 Å². The summed E-state index contributed by atoms with van der Waals surface area (Å²) in [7, 11) is 0. The summed E-state index contributed by atoms with van der Waals surface area (Å²) in [5, 5.41) is 0. The molecule has 2 fully saturated rings. The maximum absolute atomic E-state index is 13.4. The third kappa shape index (κ3) is 2.53. The Balaban J connectivity index is 1.71. The van der Waals surface area contributed by atoms with Crippen LogP contribution in [0.5, 0.6) is 0 Å². The molecule has 2 unspecified atom stereocenters. The van der Waals surface area contributed by atoms with Crippen LogP contribution < -0.4 is 4.90 Å². The molecule has 124 valence electrons. The number of hydrogen-bond donors (Lipinski definition) is 0. The molecule has 2 saturated heterocycles. The summed E-state index contributed by atoms with van der Waals surface area (Å²) in [6, 6.07) is 17.0. The molecule has 4 rings (SSSR count). The van der Waals surface area contributed by atoms with Gasteiger partial charge in [0, 0.05) is 30.4 Å². The van der Waals surface area contributed by atoms with Crippen LogP contribution in [0, 0.1) is 13.8 Å². The smallest absolute Gasteiger partial charge is 0.200 e. The second kappa shape index (κ2) is 6.06. The summed E-state index contributed by atoms with van der Waals surface area (Å²) in [5.74, 6) is 0.228. The van der Waals surface area contributed by atoms with Crippen molar-refractivity contribution in [2.75, 3.05) is 18.0 Å². The second-order valence-electron chi connectivity index (χ2n) is 7.06. The Bertz CT molecular complexity index is 756. The van der Waals surface area contributed by atoms with E-state index < -0.39 is 0 Å². The molecule has 2 aromatic carbocycles. The number of rotatable bonds is 3. The van der Waals surface area contributed by atoms with Gasteiger partial charge in [0.1, 0.15) is 6.17 Å². The summed E-state index contributed by atoms with van der Waals surface area (Å²) in [6.45, 7) is 6.14. The lowest BCUT2D eigenvalue weighted by atomic mass is 10.0. The van der Waals surface area contributed by atoms with Crippen molar-refractivity contribution >= 4 is 11.5 Å². The van der Waals surface area contributed by atoms with E-state index in [1.165, 1.54) is 24.0 Å². The molecule has 0 aliphatic carbocycles. The highest BCUT2D eigenvalue weighted by molar-refractivity contribution is 6.02. The summed E-state index contributed by atoms with van der Waals surface area (Å²) in [6.07, 6.45) is 2.23. The van der Waals surface area contributed by atoms with Crippen molar-refractivity contribution in [3.05, 3.63) is 65.2 Å². The number of hydrogen-bond acceptors (Lipinski definition) is 3. The van der Waals surface area contributed by atoms with Crippen molar-refractivity contribution in [2.24, 2.45) is 0 Å². The van der Waals surface area contributed by atoms with Crippen LogP contribution in [-0.4, -0.2) is 36.0 Å². The highest BCUT2D eigenvalue weighted by atomic mass is 16.1. The first-order valence-electron chi connectivity index (χ1n) is 8.84. The highest BCUT2D eigenvalue weighted by Crippen LogP contribution is 2.34. The molecule has 3 heteroatoms. The summed E-state index contributed by atoms with van der Waals surface area (Å²) in [5.41, 5.74) is 4.39. The van der Waals surface area contributed by atoms with Crippen molar-refractivity contribution in [3.63, 3.8) is 0 Å². The lowest BCUT2D eigenvalue weighted by Gasteiger charge is -2.30. The van der Waals surface area contributed by atoms with Crippen molar-refractivity contribution < 1.29 is 4.79 Å². The highest BCUT2D eigenvalue weighted by Gasteiger charge is 2.45. The third-order valence-corrected chi connectivity index (χ3v) is 5.55. The first-order chi connectivity index (χ1) is 11.6. The fourth-order valence-electron chi connectivity index (χ4n) is 4.08. The molecule has 0 aromatic heterocycles. The van der Waals surface area contributed by atoms with E-state index in [0.717, 1.165) is 24.3 Å². The van der Waals surface area contributed by atoms with Gasteiger partial charge >= 0.3 is 0 Å². The second-order valence-corrected chi connectivity index (χ2v) is 7.06. The summed E-state index contributed by atoms with van der Waals surface area (Å²) >= 11 is 0. The van der Waals surface area contributed by atoms with Crippen LogP contribution in [0.3, 0.4) is 0 Å². The maximum atomic E-state index is 13.4. The van der Waals surface area contributed by atoms with Crippen LogP contribution in [-0.2, 0) is 0 Å². The number of anilines is 1. The van der Waals surface area contributed by atoms with E-state index in [0.29, 0.717) is 6.04 Å². The molecular weight excluding hydrogens is 296 g/mol. The molecule has 2 aliphatic rings. The van der Waals surface area contributed by atoms with Crippen LogP contribution in [0.1, 0.15) is 34.3 Å². The molecule has 0 spiro atoms. The molecule has 0 amide bonds. The zero-order valence-electron chi connectivity index (χ0n) is 14.4. The van der Waals surface area contributed by atoms with E-state index in [-0.39, 0.29) is 11.9 Å². The van der Waals surface area contributed by atoms with E-state index in [4.69, 9.17) is 0 Å². The normalized spacial score (nSPS) is 23.5. The van der Waals surface area contributed by atoms with E-state index in [9.17, 15) is 4.79 Å². The quantitative estimate of drug-likeness (QED) is 0.804. The Morgan fingerprint density at radius 3 is 2.58 bits per heavy atom. The Labute approximate surface area is 143 Å². The number of benzene rings is 2. The average molecular weight is 320 g/mol. The summed E-state index contributed by atoms with van der Waals surface area (Å²) in [4.78, 5) is 18.1. The van der Waals surface area contributed by atoms with Gasteiger partial charge in [0.25, 0.3) is 0 Å². The monoisotopic (exact) mass is 320 g/mol. The maximum Gasteiger partial charge on any atom is 0.200 e. The van der Waals surface area contributed by atoms with E-state index in [2.05, 4.69) is 54.0 Å². The average Bonchev–Trinajstić information content (AvgIpc) is 3.18. The predicted octanol–water partition coefficient (Wildman–Crippen LogP) is 3.80. The minimum Gasteiger partial charge on any atom is -0.347 e. The van der Waals surface area contributed by atoms with Gasteiger partial charge in [-0.15, -0.1) is 0 Å². The Morgan fingerprint density at radius 1 is 1.04 bits per heavy atom. The van der Waals surface area contributed by atoms with Gasteiger partial charge < -0.3 is 4.90 Å². The number of Topliss-reactive ketones (excluding diaryl/α,β-unsaturated/α-hetero) is 1. The van der Waals surface area contributed by atoms with Crippen molar-refractivity contribution in [1.29, 1.82) is 0 Å². The number of ketones is 1. The number of aryl methyl sites for hydroxylation is 2. The number of nitrogens with zero attached hydrogens (tertiary/aromatic N) is 2. The fourth-order valence-corrected chi connectivity index (χ4v) is 4.08. The number of carbonyl (C=O) groups is 1. The van der Waals surface area contributed by atoms with Crippen molar-refractivity contribution in [2.45, 2.75) is 38.9 Å². The van der Waals surface area contributed by atoms with Crippen LogP contribution in [0.2, 0.25) is 0 Å². The minimum atomic E-state index is -0.165. The predicted molar refractivity (Wildman–Crippen MR) is 97.6 cm³/mol. The molecule has 3 nitrogen and oxygen atoms in total. The molecule has 0 saturated carbocycles. The standard InChI is InChI=1S/C21H24N2O/c1-15-10-11-17(13-16(15)2)20(24)21-22-12-6-9-19(22)14-23(21)18-7-4-3-5-8-18/h3-5,7-8,10-11,13,19,21H,6,9,12,14H2,1-2H3. The first-order valence-corrected chi connectivity index (χ1v) is 8.84. The number of para-hydroxylation sites is 1. The largest absolute Gasteiger partial charge is 0.347 e. The summed E-state index contributed by atoms with van der Waals surface area (Å²) < 4.78 is 0. The van der Waals surface area contributed by atoms with E-state index in [1.54, 1.807) is 0 Å². The van der Waals surface area contributed by atoms with Gasteiger partial charge in [0.2, 0.25) is 0 Å². The van der Waals surface area contributed by atoms with Gasteiger partial charge in [0.15, 0.2) is 5.78 Å². The molecule has 2 aliphatic heterocycles. The Morgan fingerprint density at radius 2 is 1.83 bits per heavy atom. The Kier molecular flexibility index (Phi) is 3.89. The van der Waals surface area contributed by atoms with Crippen LogP contribution in [0.25, 0.3) is 0 Å². The SMILES string of the molecule is Cc1ccc(C(=O)C2N(c3ccccc3)CC3CCCN32)cc1C. The van der Waals surface area contributed by atoms with Gasteiger partial charge in [-0.1, -0.05) is 30.3 Å². The van der Waals surface area contributed by atoms with Crippen molar-refractivity contribution in [1.82, 2.24) is 4.90 Å². The first kappa shape index (κ1) is 15.4. The molecule has 0 N–H and O–H groups in total. The fraction of sp³-hybridized carbons (Fsp3) is 0.381. The van der Waals surface area contributed by atoms with E-state index in [1.807, 2.05) is 18.2 Å². The molecule has 0 radical (unpaired) electrons. The van der Waals surface area contributed by atoms with Gasteiger partial charge in [-0.05, 0) is 56.0 Å². The van der Waals surface area contributed by atoms with Crippen LogP contribution in [0.15, 0.2) is 48.5 Å². The molecule has 2 heterocycles. The van der Waals surface area contributed by atoms with Gasteiger partial charge in [-0.2, -0.15) is 0 Å². The third-order valence-electron chi connectivity index (χ3n) is 5.55. The van der Waals surface area contributed by atoms with Gasteiger partial charge in [-0.3, -0.25) is 9.69 Å².